The topological polar surface area (TPSA) is 50.8 Å². The summed E-state index contributed by atoms with van der Waals surface area (Å²) in [5, 5.41) is 3.00. The predicted octanol–water partition coefficient (Wildman–Crippen LogP) is 2.45. The molecule has 5 heteroatoms. The van der Waals surface area contributed by atoms with Gasteiger partial charge in [0.05, 0.1) is 13.1 Å². The molecule has 1 saturated carbocycles. The van der Waals surface area contributed by atoms with Gasteiger partial charge in [-0.2, -0.15) is 0 Å². The van der Waals surface area contributed by atoms with Crippen LogP contribution in [0.2, 0.25) is 0 Å². The van der Waals surface area contributed by atoms with E-state index >= 15 is 0 Å². The van der Waals surface area contributed by atoms with Gasteiger partial charge in [-0.05, 0) is 37.8 Å². The Morgan fingerprint density at radius 1 is 1.25 bits per heavy atom. The van der Waals surface area contributed by atoms with Crippen molar-refractivity contribution < 1.29 is 14.3 Å². The Labute approximate surface area is 144 Å². The van der Waals surface area contributed by atoms with Crippen LogP contribution in [-0.4, -0.2) is 48.7 Å². The van der Waals surface area contributed by atoms with E-state index in [2.05, 4.69) is 31.0 Å². The van der Waals surface area contributed by atoms with E-state index < -0.39 is 0 Å². The van der Waals surface area contributed by atoms with Crippen LogP contribution in [0.1, 0.15) is 33.6 Å². The fraction of sp³-hybridized carbons (Fsp3) is 0.632. The fourth-order valence-electron chi connectivity index (χ4n) is 3.01. The van der Waals surface area contributed by atoms with Gasteiger partial charge in [0.1, 0.15) is 12.7 Å². The molecule has 0 saturated heterocycles. The molecule has 1 aromatic carbocycles. The van der Waals surface area contributed by atoms with E-state index in [0.29, 0.717) is 37.7 Å². The number of carbonyl (C=O) groups excluding carboxylic acids is 1. The first-order chi connectivity index (χ1) is 11.5. The molecule has 5 nitrogen and oxygen atoms in total. The van der Waals surface area contributed by atoms with Gasteiger partial charge in [0.15, 0.2) is 11.5 Å². The van der Waals surface area contributed by atoms with Crippen molar-refractivity contribution in [2.75, 3.05) is 19.7 Å². The number of para-hydroxylation sites is 2. The maximum atomic E-state index is 12.4. The Morgan fingerprint density at radius 3 is 2.62 bits per heavy atom. The third-order valence-corrected chi connectivity index (χ3v) is 4.92. The van der Waals surface area contributed by atoms with E-state index in [4.69, 9.17) is 9.47 Å². The molecule has 1 heterocycles. The lowest BCUT2D eigenvalue weighted by Gasteiger charge is -2.31. The van der Waals surface area contributed by atoms with Gasteiger partial charge in [-0.1, -0.05) is 26.0 Å². The van der Waals surface area contributed by atoms with Gasteiger partial charge in [0.25, 0.3) is 0 Å². The molecule has 1 fully saturated rings. The zero-order valence-electron chi connectivity index (χ0n) is 14.8. The van der Waals surface area contributed by atoms with E-state index in [1.807, 2.05) is 24.3 Å². The van der Waals surface area contributed by atoms with Crippen LogP contribution < -0.4 is 14.8 Å². The zero-order chi connectivity index (χ0) is 17.1. The van der Waals surface area contributed by atoms with Crippen LogP contribution in [0, 0.1) is 5.92 Å². The number of ether oxygens (including phenoxy) is 2. The second kappa shape index (κ2) is 7.43. The molecule has 1 aliphatic carbocycles. The van der Waals surface area contributed by atoms with Crippen molar-refractivity contribution in [3.05, 3.63) is 24.3 Å². The minimum absolute atomic E-state index is 0.0665. The molecule has 24 heavy (non-hydrogen) atoms. The van der Waals surface area contributed by atoms with Crippen molar-refractivity contribution >= 4 is 5.91 Å². The van der Waals surface area contributed by atoms with Crippen molar-refractivity contribution in [2.45, 2.75) is 51.8 Å². The molecule has 1 aliphatic heterocycles. The molecule has 0 spiro atoms. The van der Waals surface area contributed by atoms with Crippen LogP contribution in [0.5, 0.6) is 11.5 Å². The number of nitrogens with zero attached hydrogens (tertiary/aromatic N) is 1. The van der Waals surface area contributed by atoms with Crippen molar-refractivity contribution in [2.24, 2.45) is 5.92 Å². The van der Waals surface area contributed by atoms with Crippen LogP contribution in [0.15, 0.2) is 24.3 Å². The lowest BCUT2D eigenvalue weighted by atomic mass is 10.0. The zero-order valence-corrected chi connectivity index (χ0v) is 14.8. The summed E-state index contributed by atoms with van der Waals surface area (Å²) in [7, 11) is 0. The highest BCUT2D eigenvalue weighted by Crippen LogP contribution is 2.31. The molecule has 1 N–H and O–H groups in total. The van der Waals surface area contributed by atoms with Gasteiger partial charge in [-0.25, -0.2) is 0 Å². The van der Waals surface area contributed by atoms with Crippen LogP contribution in [0.3, 0.4) is 0 Å². The quantitative estimate of drug-likeness (QED) is 0.833. The van der Waals surface area contributed by atoms with Gasteiger partial charge in [0, 0.05) is 12.1 Å². The summed E-state index contributed by atoms with van der Waals surface area (Å²) < 4.78 is 11.6. The maximum Gasteiger partial charge on any atom is 0.234 e. The lowest BCUT2D eigenvalue weighted by molar-refractivity contribution is -0.123. The number of nitrogens with one attached hydrogen (secondary N) is 1. The molecule has 3 rings (SSSR count). The van der Waals surface area contributed by atoms with Crippen LogP contribution in [0.25, 0.3) is 0 Å². The summed E-state index contributed by atoms with van der Waals surface area (Å²) >= 11 is 0. The number of carbonyl (C=O) groups is 1. The van der Waals surface area contributed by atoms with Gasteiger partial charge >= 0.3 is 0 Å². The molecule has 132 valence electrons. The van der Waals surface area contributed by atoms with Crippen molar-refractivity contribution in [3.63, 3.8) is 0 Å². The predicted molar refractivity (Wildman–Crippen MR) is 93.4 cm³/mol. The summed E-state index contributed by atoms with van der Waals surface area (Å²) in [6.45, 7) is 8.04. The first-order valence-corrected chi connectivity index (χ1v) is 8.95. The van der Waals surface area contributed by atoms with Crippen LogP contribution in [-0.2, 0) is 4.79 Å². The summed E-state index contributed by atoms with van der Waals surface area (Å²) in [4.78, 5) is 14.7. The first kappa shape index (κ1) is 17.1. The highest BCUT2D eigenvalue weighted by atomic mass is 16.6. The molecule has 0 unspecified atom stereocenters. The maximum absolute atomic E-state index is 12.4. The van der Waals surface area contributed by atoms with Gasteiger partial charge < -0.3 is 14.8 Å². The number of amides is 1. The Morgan fingerprint density at radius 2 is 1.96 bits per heavy atom. The molecule has 0 aromatic heterocycles. The summed E-state index contributed by atoms with van der Waals surface area (Å²) in [6.07, 6.45) is 2.28. The standard InChI is InChI=1S/C19H28N2O3/c1-13(2)14(3)21(15-8-9-15)11-19(22)20-10-16-12-23-17-6-4-5-7-18(17)24-16/h4-7,13-16H,8-12H2,1-3H3,(H,20,22)/t14-,16+/m0/s1. The fourth-order valence-corrected chi connectivity index (χ4v) is 3.01. The average Bonchev–Trinajstić information content (AvgIpc) is 3.42. The Bertz CT molecular complexity index is 571. The van der Waals surface area contributed by atoms with Gasteiger partial charge in [0.2, 0.25) is 5.91 Å². The van der Waals surface area contributed by atoms with Crippen molar-refractivity contribution in [1.29, 1.82) is 0 Å². The minimum Gasteiger partial charge on any atom is -0.486 e. The molecule has 1 aromatic rings. The Kier molecular flexibility index (Phi) is 5.29. The molecule has 1 amide bonds. The molecular formula is C19H28N2O3. The van der Waals surface area contributed by atoms with Crippen LogP contribution in [0.4, 0.5) is 0 Å². The number of benzene rings is 1. The van der Waals surface area contributed by atoms with Crippen molar-refractivity contribution in [3.8, 4) is 11.5 Å². The molecular weight excluding hydrogens is 304 g/mol. The molecule has 0 bridgehead atoms. The Hall–Kier alpha value is -1.75. The highest BCUT2D eigenvalue weighted by Gasteiger charge is 2.34. The largest absolute Gasteiger partial charge is 0.486 e. The summed E-state index contributed by atoms with van der Waals surface area (Å²) in [5.74, 6) is 2.13. The summed E-state index contributed by atoms with van der Waals surface area (Å²) in [6, 6.07) is 8.63. The average molecular weight is 332 g/mol. The molecule has 2 aliphatic rings. The number of hydrogen-bond donors (Lipinski definition) is 1. The van der Waals surface area contributed by atoms with E-state index in [9.17, 15) is 4.79 Å². The number of fused-ring (bicyclic) bond motifs is 1. The normalized spacial score (nSPS) is 21.0. The van der Waals surface area contributed by atoms with E-state index in [1.54, 1.807) is 0 Å². The molecule has 0 radical (unpaired) electrons. The van der Waals surface area contributed by atoms with Gasteiger partial charge in [-0.15, -0.1) is 0 Å². The number of hydrogen-bond acceptors (Lipinski definition) is 4. The van der Waals surface area contributed by atoms with Crippen LogP contribution >= 0.6 is 0 Å². The molecule has 2 atom stereocenters. The van der Waals surface area contributed by atoms with E-state index in [1.165, 1.54) is 12.8 Å². The minimum atomic E-state index is -0.138. The first-order valence-electron chi connectivity index (χ1n) is 8.95. The third-order valence-electron chi connectivity index (χ3n) is 4.92. The Balaban J connectivity index is 1.47. The smallest absolute Gasteiger partial charge is 0.234 e. The number of rotatable bonds is 7. The highest BCUT2D eigenvalue weighted by molar-refractivity contribution is 5.78. The summed E-state index contributed by atoms with van der Waals surface area (Å²) in [5.41, 5.74) is 0. The van der Waals surface area contributed by atoms with E-state index in [0.717, 1.165) is 11.5 Å². The third kappa shape index (κ3) is 4.20. The van der Waals surface area contributed by atoms with Crippen molar-refractivity contribution in [1.82, 2.24) is 10.2 Å². The monoisotopic (exact) mass is 332 g/mol. The second-order valence-electron chi connectivity index (χ2n) is 7.19. The SMILES string of the molecule is CC(C)[C@H](C)N(CC(=O)NC[C@@H]1COc2ccccc2O1)C1CC1. The van der Waals surface area contributed by atoms with Gasteiger partial charge in [-0.3, -0.25) is 9.69 Å². The lowest BCUT2D eigenvalue weighted by Crippen LogP contribution is -2.47. The van der Waals surface area contributed by atoms with E-state index in [-0.39, 0.29) is 12.0 Å². The second-order valence-corrected chi connectivity index (χ2v) is 7.19.